The van der Waals surface area contributed by atoms with Crippen molar-refractivity contribution in [2.24, 2.45) is 0 Å². The Hall–Kier alpha value is -2.31. The van der Waals surface area contributed by atoms with Gasteiger partial charge in [0.25, 0.3) is 0 Å². The standard InChI is InChI=1S/C15H15NO5/c1-16(8-17)7-11-9-3-4-12(18)21-14(9)15(19-2)13-10(11)5-6-20-13/h3-6,17H,7-8H2,1-2H3. The Bertz CT molecular complexity index is 848. The Kier molecular flexibility index (Phi) is 3.40. The summed E-state index contributed by atoms with van der Waals surface area (Å²) in [6, 6.07) is 4.91. The van der Waals surface area contributed by atoms with Crippen LogP contribution in [0.1, 0.15) is 5.56 Å². The lowest BCUT2D eigenvalue weighted by molar-refractivity contribution is 0.127. The van der Waals surface area contributed by atoms with Gasteiger partial charge in [-0.25, -0.2) is 4.79 Å². The number of hydrogen-bond acceptors (Lipinski definition) is 6. The van der Waals surface area contributed by atoms with E-state index in [1.165, 1.54) is 13.2 Å². The molecule has 2 heterocycles. The Morgan fingerprint density at radius 1 is 1.24 bits per heavy atom. The van der Waals surface area contributed by atoms with Gasteiger partial charge in [0.05, 0.1) is 20.1 Å². The smallest absolute Gasteiger partial charge is 0.336 e. The molecule has 0 spiro atoms. The van der Waals surface area contributed by atoms with Gasteiger partial charge in [-0.2, -0.15) is 0 Å². The van der Waals surface area contributed by atoms with Crippen LogP contribution in [0.4, 0.5) is 0 Å². The molecule has 0 aliphatic carbocycles. The highest BCUT2D eigenvalue weighted by Crippen LogP contribution is 2.38. The van der Waals surface area contributed by atoms with Crippen molar-refractivity contribution < 1.29 is 18.7 Å². The van der Waals surface area contributed by atoms with Crippen LogP contribution in [0.15, 0.2) is 38.1 Å². The molecule has 0 atom stereocenters. The van der Waals surface area contributed by atoms with Crippen molar-refractivity contribution in [3.8, 4) is 5.75 Å². The maximum atomic E-state index is 11.5. The molecule has 0 radical (unpaired) electrons. The molecule has 1 aromatic carbocycles. The third-order valence-corrected chi connectivity index (χ3v) is 3.43. The molecular weight excluding hydrogens is 274 g/mol. The number of furan rings is 1. The first-order chi connectivity index (χ1) is 10.2. The van der Waals surface area contributed by atoms with E-state index in [-0.39, 0.29) is 6.73 Å². The molecule has 3 aromatic rings. The molecule has 0 fully saturated rings. The number of aliphatic hydroxyl groups excluding tert-OH is 1. The van der Waals surface area contributed by atoms with Crippen LogP contribution in [-0.2, 0) is 6.54 Å². The molecule has 0 saturated carbocycles. The lowest BCUT2D eigenvalue weighted by Crippen LogP contribution is -2.19. The average molecular weight is 289 g/mol. The third-order valence-electron chi connectivity index (χ3n) is 3.43. The summed E-state index contributed by atoms with van der Waals surface area (Å²) in [5, 5.41) is 10.9. The maximum Gasteiger partial charge on any atom is 0.336 e. The van der Waals surface area contributed by atoms with Crippen molar-refractivity contribution in [2.75, 3.05) is 20.9 Å². The van der Waals surface area contributed by atoms with Gasteiger partial charge >= 0.3 is 5.63 Å². The highest BCUT2D eigenvalue weighted by molar-refractivity contribution is 6.03. The van der Waals surface area contributed by atoms with Gasteiger partial charge < -0.3 is 18.7 Å². The first-order valence-corrected chi connectivity index (χ1v) is 6.45. The highest BCUT2D eigenvalue weighted by atomic mass is 16.5. The van der Waals surface area contributed by atoms with Gasteiger partial charge in [-0.3, -0.25) is 4.90 Å². The Morgan fingerprint density at radius 2 is 2.00 bits per heavy atom. The number of methoxy groups -OCH3 is 1. The quantitative estimate of drug-likeness (QED) is 0.584. The Balaban J connectivity index is 2.42. The number of rotatable bonds is 4. The number of hydrogen-bond donors (Lipinski definition) is 1. The van der Waals surface area contributed by atoms with Crippen LogP contribution in [-0.4, -0.2) is 30.9 Å². The van der Waals surface area contributed by atoms with Gasteiger partial charge in [-0.05, 0) is 24.7 Å². The van der Waals surface area contributed by atoms with Crippen LogP contribution in [0.25, 0.3) is 21.9 Å². The molecule has 21 heavy (non-hydrogen) atoms. The molecule has 0 aliphatic rings. The summed E-state index contributed by atoms with van der Waals surface area (Å²) in [7, 11) is 3.30. The fourth-order valence-electron chi connectivity index (χ4n) is 2.47. The van der Waals surface area contributed by atoms with Crippen LogP contribution in [0.2, 0.25) is 0 Å². The van der Waals surface area contributed by atoms with E-state index in [0.29, 0.717) is 23.5 Å². The summed E-state index contributed by atoms with van der Waals surface area (Å²) in [4.78, 5) is 13.2. The minimum Gasteiger partial charge on any atom is -0.490 e. The normalized spacial score (nSPS) is 11.6. The fraction of sp³-hybridized carbons (Fsp3) is 0.267. The van der Waals surface area contributed by atoms with E-state index >= 15 is 0 Å². The molecule has 0 unspecified atom stereocenters. The summed E-state index contributed by atoms with van der Waals surface area (Å²) >= 11 is 0. The van der Waals surface area contributed by atoms with Gasteiger partial charge in [0.2, 0.25) is 5.75 Å². The molecule has 0 bridgehead atoms. The number of aliphatic hydroxyl groups is 1. The monoisotopic (exact) mass is 289 g/mol. The van der Waals surface area contributed by atoms with Crippen molar-refractivity contribution in [3.05, 3.63) is 40.4 Å². The van der Waals surface area contributed by atoms with Crippen LogP contribution in [0, 0.1) is 0 Å². The molecule has 2 aromatic heterocycles. The predicted octanol–water partition coefficient (Wildman–Crippen LogP) is 1.93. The minimum atomic E-state index is -0.451. The Labute approximate surface area is 120 Å². The molecule has 0 saturated heterocycles. The van der Waals surface area contributed by atoms with Crippen LogP contribution >= 0.6 is 0 Å². The maximum absolute atomic E-state index is 11.5. The van der Waals surface area contributed by atoms with E-state index in [2.05, 4.69) is 0 Å². The van der Waals surface area contributed by atoms with Crippen molar-refractivity contribution in [3.63, 3.8) is 0 Å². The zero-order valence-corrected chi connectivity index (χ0v) is 11.8. The van der Waals surface area contributed by atoms with Crippen LogP contribution < -0.4 is 10.4 Å². The number of ether oxygens (including phenoxy) is 1. The minimum absolute atomic E-state index is 0.0797. The lowest BCUT2D eigenvalue weighted by atomic mass is 10.0. The summed E-state index contributed by atoms with van der Waals surface area (Å²) in [6.07, 6.45) is 1.56. The second kappa shape index (κ2) is 5.23. The van der Waals surface area contributed by atoms with Gasteiger partial charge in [0.15, 0.2) is 11.2 Å². The second-order valence-electron chi connectivity index (χ2n) is 4.83. The van der Waals surface area contributed by atoms with Crippen molar-refractivity contribution >= 4 is 21.9 Å². The van der Waals surface area contributed by atoms with Crippen LogP contribution in [0.3, 0.4) is 0 Å². The Morgan fingerprint density at radius 3 is 2.71 bits per heavy atom. The molecule has 0 aliphatic heterocycles. The first-order valence-electron chi connectivity index (χ1n) is 6.45. The number of nitrogens with zero attached hydrogens (tertiary/aromatic N) is 1. The van der Waals surface area contributed by atoms with Gasteiger partial charge in [-0.1, -0.05) is 0 Å². The summed E-state index contributed by atoms with van der Waals surface area (Å²) in [5.74, 6) is 0.401. The van der Waals surface area contributed by atoms with E-state index in [1.54, 1.807) is 24.3 Å². The summed E-state index contributed by atoms with van der Waals surface area (Å²) < 4.78 is 16.1. The molecule has 0 amide bonds. The average Bonchev–Trinajstić information content (AvgIpc) is 2.96. The summed E-state index contributed by atoms with van der Waals surface area (Å²) in [5.41, 5.74) is 1.34. The molecule has 1 N–H and O–H groups in total. The van der Waals surface area contributed by atoms with E-state index in [1.807, 2.05) is 6.07 Å². The highest BCUT2D eigenvalue weighted by Gasteiger charge is 2.19. The zero-order chi connectivity index (χ0) is 15.0. The van der Waals surface area contributed by atoms with Crippen molar-refractivity contribution in [2.45, 2.75) is 6.54 Å². The molecule has 6 nitrogen and oxygen atoms in total. The van der Waals surface area contributed by atoms with E-state index in [0.717, 1.165) is 16.3 Å². The third kappa shape index (κ3) is 2.18. The number of benzene rings is 1. The zero-order valence-electron chi connectivity index (χ0n) is 11.8. The predicted molar refractivity (Wildman–Crippen MR) is 77.4 cm³/mol. The molecule has 110 valence electrons. The van der Waals surface area contributed by atoms with Crippen molar-refractivity contribution in [1.82, 2.24) is 4.90 Å². The van der Waals surface area contributed by atoms with E-state index < -0.39 is 5.63 Å². The van der Waals surface area contributed by atoms with Crippen LogP contribution in [0.5, 0.6) is 5.75 Å². The van der Waals surface area contributed by atoms with E-state index in [9.17, 15) is 9.90 Å². The van der Waals surface area contributed by atoms with Gasteiger partial charge in [0, 0.05) is 23.4 Å². The SMILES string of the molecule is COc1c2occc2c(CN(C)CO)c2ccc(=O)oc12. The molecular formula is C15H15NO5. The topological polar surface area (TPSA) is 76.1 Å². The van der Waals surface area contributed by atoms with Gasteiger partial charge in [0.1, 0.15) is 0 Å². The lowest BCUT2D eigenvalue weighted by Gasteiger charge is -2.16. The first kappa shape index (κ1) is 13.7. The second-order valence-corrected chi connectivity index (χ2v) is 4.83. The van der Waals surface area contributed by atoms with Crippen molar-refractivity contribution in [1.29, 1.82) is 0 Å². The molecule has 3 rings (SSSR count). The summed E-state index contributed by atoms with van der Waals surface area (Å²) in [6.45, 7) is 0.407. The number of fused-ring (bicyclic) bond motifs is 2. The van der Waals surface area contributed by atoms with E-state index in [4.69, 9.17) is 13.6 Å². The van der Waals surface area contributed by atoms with Gasteiger partial charge in [-0.15, -0.1) is 0 Å². The largest absolute Gasteiger partial charge is 0.490 e. The molecule has 6 heteroatoms. The fourth-order valence-corrected chi connectivity index (χ4v) is 2.47.